The molecular weight excluding hydrogens is 400 g/mol. The first-order valence-electron chi connectivity index (χ1n) is 8.32. The minimum Gasteiger partial charge on any atom is -0.326 e. The third-order valence-corrected chi connectivity index (χ3v) is 4.90. The monoisotopic (exact) mass is 416 g/mol. The molecule has 0 radical (unpaired) electrons. The molecule has 0 saturated heterocycles. The lowest BCUT2D eigenvalue weighted by Gasteiger charge is -2.12. The molecule has 0 aliphatic rings. The molecule has 10 heteroatoms. The summed E-state index contributed by atoms with van der Waals surface area (Å²) in [4.78, 5) is 23.7. The summed E-state index contributed by atoms with van der Waals surface area (Å²) in [6.07, 6.45) is 0. The number of anilines is 2. The number of benzene rings is 2. The summed E-state index contributed by atoms with van der Waals surface area (Å²) < 4.78 is 1.52. The second kappa shape index (κ2) is 8.85. The Morgan fingerprint density at radius 1 is 1.11 bits per heavy atom. The first-order chi connectivity index (χ1) is 13.4. The van der Waals surface area contributed by atoms with Gasteiger partial charge in [0.2, 0.25) is 17.0 Å². The van der Waals surface area contributed by atoms with E-state index in [0.29, 0.717) is 27.2 Å². The molecule has 1 unspecified atom stereocenters. The van der Waals surface area contributed by atoms with Gasteiger partial charge in [0.05, 0.1) is 10.9 Å². The Kier molecular flexibility index (Phi) is 6.27. The van der Waals surface area contributed by atoms with Crippen LogP contribution in [0.25, 0.3) is 5.69 Å². The lowest BCUT2D eigenvalue weighted by Crippen LogP contribution is -2.22. The molecule has 3 aromatic rings. The predicted molar refractivity (Wildman–Crippen MR) is 109 cm³/mol. The summed E-state index contributed by atoms with van der Waals surface area (Å²) in [7, 11) is 0. The zero-order valence-electron chi connectivity index (χ0n) is 15.1. The molecule has 1 aromatic heterocycles. The Balaban J connectivity index is 1.72. The number of thioether (sulfide) groups is 1. The molecule has 3 rings (SSSR count). The number of carbonyl (C=O) groups excluding carboxylic acids is 2. The van der Waals surface area contributed by atoms with Gasteiger partial charge in [0.25, 0.3) is 0 Å². The van der Waals surface area contributed by atoms with Crippen LogP contribution in [0.5, 0.6) is 0 Å². The summed E-state index contributed by atoms with van der Waals surface area (Å²) in [6.45, 7) is 3.20. The van der Waals surface area contributed by atoms with Gasteiger partial charge in [-0.05, 0) is 59.8 Å². The number of nitrogens with zero attached hydrogens (tertiary/aromatic N) is 4. The fourth-order valence-electron chi connectivity index (χ4n) is 2.32. The Hall–Kier alpha value is -2.91. The topological polar surface area (TPSA) is 102 Å². The molecule has 28 heavy (non-hydrogen) atoms. The van der Waals surface area contributed by atoms with Gasteiger partial charge in [-0.15, -0.1) is 5.10 Å². The van der Waals surface area contributed by atoms with E-state index in [-0.39, 0.29) is 11.8 Å². The molecule has 0 spiro atoms. The van der Waals surface area contributed by atoms with E-state index in [9.17, 15) is 9.59 Å². The highest BCUT2D eigenvalue weighted by Crippen LogP contribution is 2.25. The Morgan fingerprint density at radius 3 is 2.57 bits per heavy atom. The van der Waals surface area contributed by atoms with Gasteiger partial charge in [-0.25, -0.2) is 0 Å². The van der Waals surface area contributed by atoms with E-state index in [0.717, 1.165) is 0 Å². The molecule has 0 aliphatic carbocycles. The van der Waals surface area contributed by atoms with Crippen molar-refractivity contribution in [1.82, 2.24) is 20.2 Å². The van der Waals surface area contributed by atoms with E-state index in [2.05, 4.69) is 26.2 Å². The van der Waals surface area contributed by atoms with E-state index in [4.69, 9.17) is 11.6 Å². The minimum atomic E-state index is -0.445. The first kappa shape index (κ1) is 19.8. The number of aromatic nitrogens is 4. The number of hydrogen-bond acceptors (Lipinski definition) is 6. The van der Waals surface area contributed by atoms with E-state index in [1.807, 2.05) is 6.07 Å². The third-order valence-electron chi connectivity index (χ3n) is 3.62. The van der Waals surface area contributed by atoms with Crippen LogP contribution >= 0.6 is 23.4 Å². The van der Waals surface area contributed by atoms with Gasteiger partial charge in [-0.3, -0.25) is 9.59 Å². The maximum absolute atomic E-state index is 12.5. The van der Waals surface area contributed by atoms with Crippen LogP contribution in [-0.2, 0) is 9.59 Å². The van der Waals surface area contributed by atoms with Crippen molar-refractivity contribution in [2.75, 3.05) is 10.6 Å². The van der Waals surface area contributed by atoms with Crippen LogP contribution in [0.15, 0.2) is 53.7 Å². The lowest BCUT2D eigenvalue weighted by molar-refractivity contribution is -0.115. The molecule has 1 atom stereocenters. The summed E-state index contributed by atoms with van der Waals surface area (Å²) in [5.74, 6) is -0.357. The molecule has 0 bridgehead atoms. The second-order valence-corrected chi connectivity index (χ2v) is 7.61. The van der Waals surface area contributed by atoms with Gasteiger partial charge in [0.15, 0.2) is 0 Å². The van der Waals surface area contributed by atoms with Crippen molar-refractivity contribution in [2.24, 2.45) is 0 Å². The average molecular weight is 417 g/mol. The van der Waals surface area contributed by atoms with Gasteiger partial charge < -0.3 is 10.6 Å². The van der Waals surface area contributed by atoms with Crippen molar-refractivity contribution < 1.29 is 9.59 Å². The molecule has 0 saturated carbocycles. The predicted octanol–water partition coefficient (Wildman–Crippen LogP) is 3.39. The summed E-state index contributed by atoms with van der Waals surface area (Å²) in [6, 6.07) is 14.0. The van der Waals surface area contributed by atoms with Gasteiger partial charge in [0, 0.05) is 23.3 Å². The zero-order valence-corrected chi connectivity index (χ0v) is 16.7. The summed E-state index contributed by atoms with van der Waals surface area (Å²) in [5.41, 5.74) is 1.96. The molecular formula is C18H17ClN6O2S. The van der Waals surface area contributed by atoms with E-state index >= 15 is 0 Å². The molecule has 2 aromatic carbocycles. The van der Waals surface area contributed by atoms with Crippen LogP contribution in [0.3, 0.4) is 0 Å². The summed E-state index contributed by atoms with van der Waals surface area (Å²) in [5, 5.41) is 17.8. The largest absolute Gasteiger partial charge is 0.326 e. The number of carbonyl (C=O) groups is 2. The molecule has 2 amide bonds. The van der Waals surface area contributed by atoms with Crippen LogP contribution in [0.2, 0.25) is 5.02 Å². The molecule has 0 aliphatic heterocycles. The quantitative estimate of drug-likeness (QED) is 0.597. The molecule has 8 nitrogen and oxygen atoms in total. The van der Waals surface area contributed by atoms with Crippen molar-refractivity contribution in [1.29, 1.82) is 0 Å². The fraction of sp³-hybridized carbons (Fsp3) is 0.167. The number of rotatable bonds is 6. The van der Waals surface area contributed by atoms with Gasteiger partial charge in [-0.1, -0.05) is 29.4 Å². The highest BCUT2D eigenvalue weighted by Gasteiger charge is 2.19. The Morgan fingerprint density at radius 2 is 1.86 bits per heavy atom. The van der Waals surface area contributed by atoms with Crippen LogP contribution < -0.4 is 10.6 Å². The number of nitrogens with one attached hydrogen (secondary N) is 2. The lowest BCUT2D eigenvalue weighted by atomic mass is 10.3. The third kappa shape index (κ3) is 5.08. The van der Waals surface area contributed by atoms with Crippen LogP contribution in [0, 0.1) is 0 Å². The van der Waals surface area contributed by atoms with Crippen LogP contribution in [0.4, 0.5) is 11.4 Å². The fourth-order valence-corrected chi connectivity index (χ4v) is 3.26. The van der Waals surface area contributed by atoms with E-state index in [1.54, 1.807) is 49.4 Å². The minimum absolute atomic E-state index is 0.170. The van der Waals surface area contributed by atoms with E-state index in [1.165, 1.54) is 23.4 Å². The zero-order chi connectivity index (χ0) is 20.1. The molecule has 1 heterocycles. The Bertz CT molecular complexity index is 992. The second-order valence-electron chi connectivity index (χ2n) is 5.86. The maximum Gasteiger partial charge on any atom is 0.237 e. The molecule has 144 valence electrons. The highest BCUT2D eigenvalue weighted by atomic mass is 35.5. The van der Waals surface area contributed by atoms with Crippen molar-refractivity contribution in [3.05, 3.63) is 53.6 Å². The Labute approximate surface area is 170 Å². The van der Waals surface area contributed by atoms with Crippen molar-refractivity contribution >= 4 is 46.6 Å². The molecule has 0 fully saturated rings. The number of amides is 2. The average Bonchev–Trinajstić information content (AvgIpc) is 3.11. The number of hydrogen-bond donors (Lipinski definition) is 2. The number of tetrazole rings is 1. The molecule has 2 N–H and O–H groups in total. The SMILES string of the molecule is CC(=O)Nc1cccc(-n2nnnc2SC(C)C(=O)Nc2ccc(Cl)cc2)c1. The van der Waals surface area contributed by atoms with Gasteiger partial charge in [-0.2, -0.15) is 4.68 Å². The van der Waals surface area contributed by atoms with Crippen molar-refractivity contribution in [2.45, 2.75) is 24.3 Å². The van der Waals surface area contributed by atoms with E-state index < -0.39 is 5.25 Å². The first-order valence-corrected chi connectivity index (χ1v) is 9.57. The van der Waals surface area contributed by atoms with Crippen molar-refractivity contribution in [3.8, 4) is 5.69 Å². The highest BCUT2D eigenvalue weighted by molar-refractivity contribution is 8.00. The number of halogens is 1. The van der Waals surface area contributed by atoms with Crippen LogP contribution in [0.1, 0.15) is 13.8 Å². The normalized spacial score (nSPS) is 11.7. The maximum atomic E-state index is 12.5. The van der Waals surface area contributed by atoms with Gasteiger partial charge >= 0.3 is 0 Å². The van der Waals surface area contributed by atoms with Crippen LogP contribution in [-0.4, -0.2) is 37.3 Å². The standard InChI is InChI=1S/C18H17ClN6O2S/c1-11(17(27)21-14-8-6-13(19)7-9-14)28-18-22-23-24-25(18)16-5-3-4-15(10-16)20-12(2)26/h3-11H,1-2H3,(H,20,26)(H,21,27). The van der Waals surface area contributed by atoms with Gasteiger partial charge in [0.1, 0.15) is 0 Å². The summed E-state index contributed by atoms with van der Waals surface area (Å²) >= 11 is 7.08. The van der Waals surface area contributed by atoms with Crippen molar-refractivity contribution in [3.63, 3.8) is 0 Å². The smallest absolute Gasteiger partial charge is 0.237 e.